The molecule has 0 unspecified atom stereocenters. The molecule has 0 fully saturated rings. The van der Waals surface area contributed by atoms with Crippen LogP contribution in [0.4, 0.5) is 5.69 Å². The molecule has 3 N–H and O–H groups in total. The number of nitrogens with one attached hydrogen (secondary N) is 3. The predicted octanol–water partition coefficient (Wildman–Crippen LogP) is 3.11. The van der Waals surface area contributed by atoms with Gasteiger partial charge in [0.2, 0.25) is 0 Å². The predicted molar refractivity (Wildman–Crippen MR) is 107 cm³/mol. The minimum atomic E-state index is -1.02. The fourth-order valence-corrected chi connectivity index (χ4v) is 2.56. The summed E-state index contributed by atoms with van der Waals surface area (Å²) < 4.78 is 5.42. The molecule has 7 nitrogen and oxygen atoms in total. The summed E-state index contributed by atoms with van der Waals surface area (Å²) in [7, 11) is 0. The van der Waals surface area contributed by atoms with Crippen LogP contribution in [0.25, 0.3) is 0 Å². The summed E-state index contributed by atoms with van der Waals surface area (Å²) >= 11 is 11.8. The molecule has 0 aromatic heterocycles. The van der Waals surface area contributed by atoms with Crippen molar-refractivity contribution in [3.05, 3.63) is 58.1 Å². The van der Waals surface area contributed by atoms with Gasteiger partial charge < -0.3 is 10.1 Å². The first-order valence-electron chi connectivity index (χ1n) is 8.42. The van der Waals surface area contributed by atoms with Crippen LogP contribution in [0.1, 0.15) is 19.4 Å². The molecule has 148 valence electrons. The summed E-state index contributed by atoms with van der Waals surface area (Å²) in [5.41, 5.74) is 5.73. The minimum absolute atomic E-state index is 0.240. The molecular weight excluding hydrogens is 405 g/mol. The molecule has 0 saturated heterocycles. The second kappa shape index (κ2) is 9.96. The van der Waals surface area contributed by atoms with Crippen LogP contribution in [0.2, 0.25) is 10.0 Å². The van der Waals surface area contributed by atoms with Crippen LogP contribution >= 0.6 is 23.2 Å². The maximum atomic E-state index is 12.0. The molecule has 3 amide bonds. The highest BCUT2D eigenvalue weighted by Crippen LogP contribution is 2.28. The quantitative estimate of drug-likeness (QED) is 0.508. The van der Waals surface area contributed by atoms with Crippen LogP contribution in [-0.2, 0) is 20.8 Å². The highest BCUT2D eigenvalue weighted by atomic mass is 35.5. The molecule has 0 aliphatic rings. The van der Waals surface area contributed by atoms with Crippen molar-refractivity contribution in [3.63, 3.8) is 0 Å². The topological polar surface area (TPSA) is 96.5 Å². The Balaban J connectivity index is 1.83. The van der Waals surface area contributed by atoms with E-state index in [2.05, 4.69) is 10.7 Å². The van der Waals surface area contributed by atoms with Gasteiger partial charge >= 0.3 is 11.8 Å². The molecule has 0 bridgehead atoms. The molecule has 28 heavy (non-hydrogen) atoms. The van der Waals surface area contributed by atoms with Gasteiger partial charge in [0, 0.05) is 10.7 Å². The van der Waals surface area contributed by atoms with Gasteiger partial charge in [-0.25, -0.2) is 0 Å². The van der Waals surface area contributed by atoms with Gasteiger partial charge in [0.05, 0.1) is 5.02 Å². The van der Waals surface area contributed by atoms with Crippen LogP contribution in [0.5, 0.6) is 5.75 Å². The van der Waals surface area contributed by atoms with E-state index in [4.69, 9.17) is 27.9 Å². The lowest BCUT2D eigenvalue weighted by molar-refractivity contribution is -0.139. The molecule has 0 spiro atoms. The van der Waals surface area contributed by atoms with E-state index in [9.17, 15) is 14.4 Å². The summed E-state index contributed by atoms with van der Waals surface area (Å²) in [4.78, 5) is 35.7. The summed E-state index contributed by atoms with van der Waals surface area (Å²) in [6, 6.07) is 11.6. The number of ether oxygens (including phenoxy) is 1. The van der Waals surface area contributed by atoms with Crippen molar-refractivity contribution in [2.24, 2.45) is 0 Å². The number of aryl methyl sites for hydroxylation is 1. The van der Waals surface area contributed by atoms with Crippen molar-refractivity contribution >= 4 is 46.6 Å². The van der Waals surface area contributed by atoms with E-state index in [1.54, 1.807) is 18.2 Å². The summed E-state index contributed by atoms with van der Waals surface area (Å²) in [6.07, 6.45) is -0.119. The van der Waals surface area contributed by atoms with E-state index in [-0.39, 0.29) is 10.8 Å². The van der Waals surface area contributed by atoms with Crippen molar-refractivity contribution in [1.82, 2.24) is 10.9 Å². The number of amides is 3. The van der Waals surface area contributed by atoms with Gasteiger partial charge in [-0.3, -0.25) is 25.2 Å². The van der Waals surface area contributed by atoms with Crippen molar-refractivity contribution in [2.45, 2.75) is 26.4 Å². The number of hydrazine groups is 1. The third-order valence-corrected chi connectivity index (χ3v) is 4.22. The van der Waals surface area contributed by atoms with Gasteiger partial charge in [0.15, 0.2) is 6.10 Å². The van der Waals surface area contributed by atoms with Crippen molar-refractivity contribution in [1.29, 1.82) is 0 Å². The van der Waals surface area contributed by atoms with Gasteiger partial charge in [-0.1, -0.05) is 42.3 Å². The number of hydrogen-bond donors (Lipinski definition) is 3. The lowest BCUT2D eigenvalue weighted by Crippen LogP contribution is -2.50. The lowest BCUT2D eigenvalue weighted by atomic mass is 10.1. The van der Waals surface area contributed by atoms with Crippen LogP contribution in [0.3, 0.4) is 0 Å². The van der Waals surface area contributed by atoms with E-state index in [1.807, 2.05) is 24.5 Å². The molecule has 0 aliphatic carbocycles. The monoisotopic (exact) mass is 423 g/mol. The molecule has 0 saturated carbocycles. The molecule has 9 heteroatoms. The van der Waals surface area contributed by atoms with Gasteiger partial charge in [0.1, 0.15) is 5.75 Å². The van der Waals surface area contributed by atoms with Gasteiger partial charge in [-0.15, -0.1) is 0 Å². The zero-order valence-corrected chi connectivity index (χ0v) is 16.7. The number of halogens is 2. The van der Waals surface area contributed by atoms with Crippen LogP contribution in [0.15, 0.2) is 42.5 Å². The van der Waals surface area contributed by atoms with E-state index >= 15 is 0 Å². The maximum absolute atomic E-state index is 12.0. The minimum Gasteiger partial charge on any atom is -0.479 e. The fraction of sp³-hybridized carbons (Fsp3) is 0.211. The standard InChI is InChI=1S/C19H19Cl2N3O4/c1-3-12-4-7-14(8-5-12)22-18(26)19(27)24-23-17(25)11(2)28-16-9-6-13(20)10-15(16)21/h4-11H,3H2,1-2H3,(H,22,26)(H,23,25)(H,24,27)/t11-/m1/s1. The van der Waals surface area contributed by atoms with Crippen LogP contribution in [-0.4, -0.2) is 23.8 Å². The van der Waals surface area contributed by atoms with Gasteiger partial charge in [-0.05, 0) is 49.2 Å². The molecular formula is C19H19Cl2N3O4. The Bertz CT molecular complexity index is 872. The SMILES string of the molecule is CCc1ccc(NC(=O)C(=O)NNC(=O)[C@@H](C)Oc2ccc(Cl)cc2Cl)cc1. The van der Waals surface area contributed by atoms with Crippen LogP contribution in [0, 0.1) is 0 Å². The molecule has 0 heterocycles. The van der Waals surface area contributed by atoms with Crippen LogP contribution < -0.4 is 20.9 Å². The average molecular weight is 424 g/mol. The fourth-order valence-electron chi connectivity index (χ4n) is 2.10. The average Bonchev–Trinajstić information content (AvgIpc) is 2.68. The van der Waals surface area contributed by atoms with E-state index in [1.165, 1.54) is 19.1 Å². The normalized spacial score (nSPS) is 11.3. The molecule has 2 aromatic rings. The van der Waals surface area contributed by atoms with Crippen molar-refractivity contribution in [2.75, 3.05) is 5.32 Å². The number of hydrogen-bond acceptors (Lipinski definition) is 4. The van der Waals surface area contributed by atoms with E-state index in [0.29, 0.717) is 10.7 Å². The highest BCUT2D eigenvalue weighted by molar-refractivity contribution is 6.39. The first-order valence-corrected chi connectivity index (χ1v) is 9.17. The van der Waals surface area contributed by atoms with E-state index in [0.717, 1.165) is 12.0 Å². The van der Waals surface area contributed by atoms with Gasteiger partial charge in [0.25, 0.3) is 5.91 Å². The second-order valence-electron chi connectivity index (χ2n) is 5.78. The summed E-state index contributed by atoms with van der Waals surface area (Å²) in [5, 5.41) is 3.10. The Hall–Kier alpha value is -2.77. The van der Waals surface area contributed by atoms with Crippen molar-refractivity contribution in [3.8, 4) is 5.75 Å². The Kier molecular flexibility index (Phi) is 7.66. The zero-order chi connectivity index (χ0) is 20.7. The Morgan fingerprint density at radius 2 is 1.68 bits per heavy atom. The molecule has 2 rings (SSSR count). The molecule has 2 aromatic carbocycles. The lowest BCUT2D eigenvalue weighted by Gasteiger charge is -2.16. The number of benzene rings is 2. The third-order valence-electron chi connectivity index (χ3n) is 3.69. The smallest absolute Gasteiger partial charge is 0.328 e. The Labute approximate surface area is 172 Å². The summed E-state index contributed by atoms with van der Waals surface area (Å²) in [5.74, 6) is -2.35. The third kappa shape index (κ3) is 6.14. The summed E-state index contributed by atoms with van der Waals surface area (Å²) in [6.45, 7) is 3.47. The van der Waals surface area contributed by atoms with E-state index < -0.39 is 23.8 Å². The first kappa shape index (κ1) is 21.5. The second-order valence-corrected chi connectivity index (χ2v) is 6.63. The number of carbonyl (C=O) groups excluding carboxylic acids is 3. The largest absolute Gasteiger partial charge is 0.479 e. The number of rotatable bonds is 5. The van der Waals surface area contributed by atoms with Gasteiger partial charge in [-0.2, -0.15) is 0 Å². The first-order chi connectivity index (χ1) is 13.3. The maximum Gasteiger partial charge on any atom is 0.328 e. The Morgan fingerprint density at radius 3 is 2.29 bits per heavy atom. The highest BCUT2D eigenvalue weighted by Gasteiger charge is 2.19. The molecule has 0 aliphatic heterocycles. The number of anilines is 1. The molecule has 0 radical (unpaired) electrons. The zero-order valence-electron chi connectivity index (χ0n) is 15.2. The Morgan fingerprint density at radius 1 is 1.00 bits per heavy atom. The van der Waals surface area contributed by atoms with Crippen molar-refractivity contribution < 1.29 is 19.1 Å². The molecule has 1 atom stereocenters. The number of carbonyl (C=O) groups is 3.